The van der Waals surface area contributed by atoms with Crippen molar-refractivity contribution in [2.45, 2.75) is 19.4 Å². The molecular formula is C19H20N2O4S. The number of hydrogen-bond donors (Lipinski definition) is 2. The van der Waals surface area contributed by atoms with Crippen molar-refractivity contribution in [3.63, 3.8) is 0 Å². The smallest absolute Gasteiger partial charge is 0.308 e. The van der Waals surface area contributed by atoms with Crippen LogP contribution in [0.5, 0.6) is 0 Å². The maximum Gasteiger partial charge on any atom is 0.308 e. The Morgan fingerprint density at radius 2 is 1.96 bits per heavy atom. The second-order valence-corrected chi connectivity index (χ2v) is 7.23. The van der Waals surface area contributed by atoms with Gasteiger partial charge in [0.25, 0.3) is 11.8 Å². The maximum absolute atomic E-state index is 12.6. The number of aliphatic carboxylic acids is 1. The van der Waals surface area contributed by atoms with E-state index in [1.807, 2.05) is 11.4 Å². The zero-order valence-electron chi connectivity index (χ0n) is 14.2. The quantitative estimate of drug-likeness (QED) is 0.845. The molecule has 0 radical (unpaired) electrons. The van der Waals surface area contributed by atoms with E-state index in [2.05, 4.69) is 5.32 Å². The van der Waals surface area contributed by atoms with Crippen molar-refractivity contribution in [1.29, 1.82) is 0 Å². The van der Waals surface area contributed by atoms with E-state index < -0.39 is 11.9 Å². The predicted octanol–water partition coefficient (Wildman–Crippen LogP) is 2.61. The van der Waals surface area contributed by atoms with Gasteiger partial charge in [-0.2, -0.15) is 0 Å². The Labute approximate surface area is 155 Å². The molecule has 0 unspecified atom stereocenters. The van der Waals surface area contributed by atoms with Gasteiger partial charge in [-0.15, -0.1) is 11.3 Å². The number of likely N-dealkylation sites (tertiary alicyclic amines) is 1. The maximum atomic E-state index is 12.6. The second-order valence-electron chi connectivity index (χ2n) is 6.29. The number of carbonyl (C=O) groups is 3. The molecule has 2 heterocycles. The topological polar surface area (TPSA) is 86.7 Å². The summed E-state index contributed by atoms with van der Waals surface area (Å²) in [6.45, 7) is 1.23. The van der Waals surface area contributed by atoms with Crippen molar-refractivity contribution in [2.75, 3.05) is 13.1 Å². The lowest BCUT2D eigenvalue weighted by Gasteiger charge is -2.30. The van der Waals surface area contributed by atoms with E-state index in [9.17, 15) is 14.4 Å². The summed E-state index contributed by atoms with van der Waals surface area (Å²) in [7, 11) is 0. The highest BCUT2D eigenvalue weighted by molar-refractivity contribution is 7.12. The number of carbonyl (C=O) groups excluding carboxylic acids is 2. The molecular weight excluding hydrogens is 352 g/mol. The molecule has 1 atom stereocenters. The molecule has 3 rings (SSSR count). The lowest BCUT2D eigenvalue weighted by molar-refractivity contribution is -0.143. The first-order valence-electron chi connectivity index (χ1n) is 8.47. The molecule has 0 aliphatic carbocycles. The number of carboxylic acid groups (broad SMARTS) is 1. The lowest BCUT2D eigenvalue weighted by atomic mass is 9.97. The number of piperidine rings is 1. The van der Waals surface area contributed by atoms with Crippen molar-refractivity contribution in [2.24, 2.45) is 5.92 Å². The number of thiophene rings is 1. The van der Waals surface area contributed by atoms with Crippen LogP contribution in [0, 0.1) is 5.92 Å². The first-order valence-corrected chi connectivity index (χ1v) is 9.35. The normalized spacial score (nSPS) is 16.9. The van der Waals surface area contributed by atoms with Gasteiger partial charge in [0.15, 0.2) is 0 Å². The Hall–Kier alpha value is -2.67. The number of rotatable bonds is 5. The van der Waals surface area contributed by atoms with Crippen LogP contribution < -0.4 is 5.32 Å². The molecule has 1 fully saturated rings. The van der Waals surface area contributed by atoms with Gasteiger partial charge >= 0.3 is 5.97 Å². The Balaban J connectivity index is 1.57. The molecule has 136 valence electrons. The first kappa shape index (κ1) is 18.1. The second kappa shape index (κ2) is 8.14. The summed E-state index contributed by atoms with van der Waals surface area (Å²) >= 11 is 1.39. The third-order valence-corrected chi connectivity index (χ3v) is 5.33. The van der Waals surface area contributed by atoms with Crippen LogP contribution in [0.15, 0.2) is 41.8 Å². The minimum Gasteiger partial charge on any atom is -0.481 e. The van der Waals surface area contributed by atoms with Gasteiger partial charge in [-0.25, -0.2) is 0 Å². The van der Waals surface area contributed by atoms with Crippen molar-refractivity contribution < 1.29 is 19.5 Å². The van der Waals surface area contributed by atoms with E-state index in [-0.39, 0.29) is 18.4 Å². The molecule has 1 aromatic carbocycles. The molecule has 2 N–H and O–H groups in total. The summed E-state index contributed by atoms with van der Waals surface area (Å²) in [5.41, 5.74) is 1.43. The highest BCUT2D eigenvalue weighted by atomic mass is 32.1. The van der Waals surface area contributed by atoms with Crippen LogP contribution in [0.25, 0.3) is 0 Å². The van der Waals surface area contributed by atoms with E-state index in [1.54, 1.807) is 35.2 Å². The van der Waals surface area contributed by atoms with Crippen LogP contribution in [0.1, 0.15) is 38.4 Å². The lowest BCUT2D eigenvalue weighted by Crippen LogP contribution is -2.42. The van der Waals surface area contributed by atoms with Crippen molar-refractivity contribution >= 4 is 29.1 Å². The Morgan fingerprint density at radius 3 is 2.62 bits per heavy atom. The molecule has 1 aliphatic rings. The largest absolute Gasteiger partial charge is 0.481 e. The predicted molar refractivity (Wildman–Crippen MR) is 98.2 cm³/mol. The minimum absolute atomic E-state index is 0.117. The molecule has 2 amide bonds. The van der Waals surface area contributed by atoms with Gasteiger partial charge in [0, 0.05) is 25.2 Å². The molecule has 1 aromatic heterocycles. The van der Waals surface area contributed by atoms with Crippen LogP contribution in [0.2, 0.25) is 0 Å². The van der Waals surface area contributed by atoms with E-state index in [0.29, 0.717) is 36.4 Å². The average Bonchev–Trinajstić information content (AvgIpc) is 3.21. The van der Waals surface area contributed by atoms with Gasteiger partial charge in [0.2, 0.25) is 0 Å². The molecule has 2 aromatic rings. The van der Waals surface area contributed by atoms with Crippen molar-refractivity contribution in [1.82, 2.24) is 10.2 Å². The van der Waals surface area contributed by atoms with E-state index in [4.69, 9.17) is 5.11 Å². The highest BCUT2D eigenvalue weighted by Crippen LogP contribution is 2.19. The van der Waals surface area contributed by atoms with Crippen LogP contribution in [-0.2, 0) is 11.3 Å². The molecule has 1 aliphatic heterocycles. The van der Waals surface area contributed by atoms with E-state index >= 15 is 0 Å². The molecule has 1 saturated heterocycles. The Bertz CT molecular complexity index is 786. The molecule has 7 heteroatoms. The number of nitrogens with one attached hydrogen (secondary N) is 1. The Morgan fingerprint density at radius 1 is 1.19 bits per heavy atom. The SMILES string of the molecule is O=C(NCc1ccc(C(=O)N2CCC[C@H](C(=O)O)C2)cc1)c1cccs1. The van der Waals surface area contributed by atoms with Gasteiger partial charge < -0.3 is 15.3 Å². The van der Waals surface area contributed by atoms with Gasteiger partial charge in [0.1, 0.15) is 0 Å². The average molecular weight is 372 g/mol. The number of amides is 2. The minimum atomic E-state index is -0.848. The first-order chi connectivity index (χ1) is 12.5. The fraction of sp³-hybridized carbons (Fsp3) is 0.316. The number of hydrogen-bond acceptors (Lipinski definition) is 4. The number of benzene rings is 1. The molecule has 0 spiro atoms. The summed E-state index contributed by atoms with van der Waals surface area (Å²) in [5, 5.41) is 13.8. The highest BCUT2D eigenvalue weighted by Gasteiger charge is 2.28. The molecule has 0 saturated carbocycles. The number of nitrogens with zero attached hydrogens (tertiary/aromatic N) is 1. The third kappa shape index (κ3) is 4.29. The fourth-order valence-electron chi connectivity index (χ4n) is 2.99. The summed E-state index contributed by atoms with van der Waals surface area (Å²) in [6.07, 6.45) is 1.32. The summed E-state index contributed by atoms with van der Waals surface area (Å²) in [6, 6.07) is 10.7. The molecule has 0 bridgehead atoms. The van der Waals surface area contributed by atoms with Crippen LogP contribution in [-0.4, -0.2) is 40.9 Å². The molecule has 6 nitrogen and oxygen atoms in total. The number of carboxylic acids is 1. The van der Waals surface area contributed by atoms with Crippen LogP contribution >= 0.6 is 11.3 Å². The zero-order valence-corrected chi connectivity index (χ0v) is 15.0. The zero-order chi connectivity index (χ0) is 18.5. The Kier molecular flexibility index (Phi) is 5.68. The summed E-state index contributed by atoms with van der Waals surface area (Å²) in [5.74, 6) is -1.60. The molecule has 26 heavy (non-hydrogen) atoms. The van der Waals surface area contributed by atoms with Crippen LogP contribution in [0.4, 0.5) is 0 Å². The third-order valence-electron chi connectivity index (χ3n) is 4.46. The van der Waals surface area contributed by atoms with Gasteiger partial charge in [-0.1, -0.05) is 18.2 Å². The summed E-state index contributed by atoms with van der Waals surface area (Å²) in [4.78, 5) is 37.9. The van der Waals surface area contributed by atoms with Crippen LogP contribution in [0.3, 0.4) is 0 Å². The van der Waals surface area contributed by atoms with Crippen molar-refractivity contribution in [3.05, 3.63) is 57.8 Å². The van der Waals surface area contributed by atoms with Crippen molar-refractivity contribution in [3.8, 4) is 0 Å². The van der Waals surface area contributed by atoms with E-state index in [0.717, 1.165) is 5.56 Å². The van der Waals surface area contributed by atoms with E-state index in [1.165, 1.54) is 11.3 Å². The standard InChI is InChI=1S/C19H20N2O4S/c22-17(16-4-2-10-26-16)20-11-13-5-7-14(8-6-13)18(23)21-9-1-3-15(12-21)19(24)25/h2,4-8,10,15H,1,3,9,11-12H2,(H,20,22)(H,24,25)/t15-/m0/s1. The van der Waals surface area contributed by atoms with Gasteiger partial charge in [-0.3, -0.25) is 14.4 Å². The monoisotopic (exact) mass is 372 g/mol. The summed E-state index contributed by atoms with van der Waals surface area (Å²) < 4.78 is 0. The van der Waals surface area contributed by atoms with Gasteiger partial charge in [0.05, 0.1) is 10.8 Å². The fourth-order valence-corrected chi connectivity index (χ4v) is 3.63. The van der Waals surface area contributed by atoms with Gasteiger partial charge in [-0.05, 0) is 42.0 Å².